The molecule has 0 radical (unpaired) electrons. The average molecular weight is 322 g/mol. The number of nitrogens with one attached hydrogen (secondary N) is 1. The average Bonchev–Trinajstić information content (AvgIpc) is 2.45. The molecule has 0 bridgehead atoms. The molecule has 1 atom stereocenters. The van der Waals surface area contributed by atoms with Gasteiger partial charge in [-0.2, -0.15) is 0 Å². The molecule has 0 spiro atoms. The first-order valence-electron chi connectivity index (χ1n) is 8.00. The molecule has 0 saturated carbocycles. The van der Waals surface area contributed by atoms with Crippen molar-refractivity contribution in [3.63, 3.8) is 0 Å². The van der Waals surface area contributed by atoms with Gasteiger partial charge in [-0.3, -0.25) is 0 Å². The van der Waals surface area contributed by atoms with Crippen molar-refractivity contribution < 1.29 is 14.3 Å². The van der Waals surface area contributed by atoms with Crippen LogP contribution in [0.25, 0.3) is 0 Å². The van der Waals surface area contributed by atoms with Crippen molar-refractivity contribution in [1.29, 1.82) is 0 Å². The fourth-order valence-electron chi connectivity index (χ4n) is 2.09. The topological polar surface area (TPSA) is 50.8 Å². The highest BCUT2D eigenvalue weighted by atomic mass is 16.6. The van der Waals surface area contributed by atoms with Crippen LogP contribution in [0.15, 0.2) is 24.3 Å². The van der Waals surface area contributed by atoms with E-state index in [0.29, 0.717) is 19.2 Å². The minimum Gasteiger partial charge on any atom is -0.444 e. The molecule has 1 rings (SSSR count). The van der Waals surface area contributed by atoms with Crippen LogP contribution in [0.3, 0.4) is 0 Å². The van der Waals surface area contributed by atoms with Crippen LogP contribution in [0.4, 0.5) is 10.5 Å². The number of carbonyl (C=O) groups is 1. The maximum atomic E-state index is 12.1. The second-order valence-electron chi connectivity index (χ2n) is 6.82. The maximum absolute atomic E-state index is 12.1. The third kappa shape index (κ3) is 7.37. The maximum Gasteiger partial charge on any atom is 0.410 e. The molecule has 130 valence electrons. The van der Waals surface area contributed by atoms with Crippen LogP contribution in [0.5, 0.6) is 0 Å². The lowest BCUT2D eigenvalue weighted by Crippen LogP contribution is -2.34. The summed E-state index contributed by atoms with van der Waals surface area (Å²) in [5.41, 5.74) is 1.61. The Labute approximate surface area is 140 Å². The van der Waals surface area contributed by atoms with E-state index in [1.54, 1.807) is 19.1 Å². The molecule has 5 heteroatoms. The highest BCUT2D eigenvalue weighted by Crippen LogP contribution is 2.19. The number of hydrogen-bond donors (Lipinski definition) is 1. The Balaban J connectivity index is 2.71. The van der Waals surface area contributed by atoms with Gasteiger partial charge in [0.25, 0.3) is 0 Å². The Bertz CT molecular complexity index is 497. The predicted octanol–water partition coefficient (Wildman–Crippen LogP) is 3.89. The van der Waals surface area contributed by atoms with Crippen molar-refractivity contribution >= 4 is 11.8 Å². The van der Waals surface area contributed by atoms with Gasteiger partial charge in [0.2, 0.25) is 0 Å². The monoisotopic (exact) mass is 322 g/mol. The molecule has 1 amide bonds. The minimum atomic E-state index is -0.488. The van der Waals surface area contributed by atoms with Crippen LogP contribution >= 0.6 is 0 Å². The van der Waals surface area contributed by atoms with E-state index >= 15 is 0 Å². The van der Waals surface area contributed by atoms with Gasteiger partial charge in [-0.15, -0.1) is 0 Å². The molecule has 0 saturated heterocycles. The quantitative estimate of drug-likeness (QED) is 0.827. The zero-order chi connectivity index (χ0) is 17.5. The molecule has 1 unspecified atom stereocenters. The van der Waals surface area contributed by atoms with Crippen LogP contribution in [-0.4, -0.2) is 43.4 Å². The fourth-order valence-corrected chi connectivity index (χ4v) is 2.09. The lowest BCUT2D eigenvalue weighted by Gasteiger charge is -2.26. The van der Waals surface area contributed by atoms with E-state index in [9.17, 15) is 4.79 Å². The normalized spacial score (nSPS) is 12.6. The third-order valence-corrected chi connectivity index (χ3v) is 3.29. The number of carbonyl (C=O) groups excluding carboxylic acids is 1. The molecule has 0 aliphatic heterocycles. The molecule has 0 heterocycles. The highest BCUT2D eigenvalue weighted by molar-refractivity contribution is 5.68. The van der Waals surface area contributed by atoms with Crippen LogP contribution in [-0.2, 0) is 16.0 Å². The zero-order valence-corrected chi connectivity index (χ0v) is 15.2. The van der Waals surface area contributed by atoms with E-state index in [1.165, 1.54) is 0 Å². The van der Waals surface area contributed by atoms with E-state index in [0.717, 1.165) is 17.7 Å². The number of hydrogen-bond acceptors (Lipinski definition) is 4. The van der Waals surface area contributed by atoms with Crippen molar-refractivity contribution in [3.8, 4) is 0 Å². The molecule has 23 heavy (non-hydrogen) atoms. The van der Waals surface area contributed by atoms with Crippen molar-refractivity contribution in [1.82, 2.24) is 4.90 Å². The van der Waals surface area contributed by atoms with Crippen molar-refractivity contribution in [2.45, 2.75) is 52.3 Å². The van der Waals surface area contributed by atoms with E-state index in [2.05, 4.69) is 12.2 Å². The molecule has 1 aromatic carbocycles. The van der Waals surface area contributed by atoms with Crippen molar-refractivity contribution in [3.05, 3.63) is 29.8 Å². The van der Waals surface area contributed by atoms with E-state index in [4.69, 9.17) is 9.47 Å². The van der Waals surface area contributed by atoms with Crippen LogP contribution in [0, 0.1) is 0 Å². The Kier molecular flexibility index (Phi) is 7.36. The molecule has 0 aliphatic rings. The summed E-state index contributed by atoms with van der Waals surface area (Å²) in [6.45, 7) is 8.93. The van der Waals surface area contributed by atoms with Gasteiger partial charge in [-0.05, 0) is 45.7 Å². The van der Waals surface area contributed by atoms with E-state index < -0.39 is 5.60 Å². The summed E-state index contributed by atoms with van der Waals surface area (Å²) in [6.07, 6.45) is 0.604. The number of rotatable bonds is 7. The molecule has 0 fully saturated rings. The highest BCUT2D eigenvalue weighted by Gasteiger charge is 2.20. The van der Waals surface area contributed by atoms with E-state index in [1.807, 2.05) is 45.0 Å². The predicted molar refractivity (Wildman–Crippen MR) is 93.7 cm³/mol. The number of para-hydroxylation sites is 1. The van der Waals surface area contributed by atoms with Crippen molar-refractivity contribution in [2.24, 2.45) is 0 Å². The summed E-state index contributed by atoms with van der Waals surface area (Å²) in [5.74, 6) is 0. The second kappa shape index (κ2) is 8.77. The molecular weight excluding hydrogens is 292 g/mol. The van der Waals surface area contributed by atoms with Gasteiger partial charge in [0.1, 0.15) is 5.60 Å². The number of methoxy groups -OCH3 is 1. The molecule has 1 aromatic rings. The van der Waals surface area contributed by atoms with Gasteiger partial charge in [0, 0.05) is 32.5 Å². The molecule has 0 aromatic heterocycles. The van der Waals surface area contributed by atoms with Gasteiger partial charge in [0.05, 0.1) is 6.54 Å². The largest absolute Gasteiger partial charge is 0.444 e. The summed E-state index contributed by atoms with van der Waals surface area (Å²) in [5, 5.41) is 3.48. The third-order valence-electron chi connectivity index (χ3n) is 3.29. The molecule has 1 N–H and O–H groups in total. The summed E-state index contributed by atoms with van der Waals surface area (Å²) in [7, 11) is 3.45. The lowest BCUT2D eigenvalue weighted by atomic mass is 10.1. The Hall–Kier alpha value is -1.75. The van der Waals surface area contributed by atoms with Crippen LogP contribution in [0.2, 0.25) is 0 Å². The smallest absolute Gasteiger partial charge is 0.410 e. The standard InChI is InChI=1S/C18H30N2O3/c1-14(11-12-22-6)19-16-10-8-7-9-15(16)13-20(5)17(21)23-18(2,3)4/h7-10,14,19H,11-13H2,1-6H3. The molecular formula is C18H30N2O3. The Morgan fingerprint density at radius 1 is 1.30 bits per heavy atom. The number of ether oxygens (including phenoxy) is 2. The Morgan fingerprint density at radius 2 is 1.96 bits per heavy atom. The van der Waals surface area contributed by atoms with Gasteiger partial charge < -0.3 is 19.7 Å². The fraction of sp³-hybridized carbons (Fsp3) is 0.611. The van der Waals surface area contributed by atoms with Gasteiger partial charge >= 0.3 is 6.09 Å². The zero-order valence-electron chi connectivity index (χ0n) is 15.2. The van der Waals surface area contributed by atoms with Gasteiger partial charge in [-0.25, -0.2) is 4.79 Å². The van der Waals surface area contributed by atoms with Crippen LogP contribution in [0.1, 0.15) is 39.7 Å². The van der Waals surface area contributed by atoms with Crippen LogP contribution < -0.4 is 5.32 Å². The SMILES string of the molecule is COCCC(C)Nc1ccccc1CN(C)C(=O)OC(C)(C)C. The second-order valence-corrected chi connectivity index (χ2v) is 6.82. The summed E-state index contributed by atoms with van der Waals surface area (Å²) in [4.78, 5) is 13.7. The molecule has 5 nitrogen and oxygen atoms in total. The summed E-state index contributed by atoms with van der Waals surface area (Å²) >= 11 is 0. The van der Waals surface area contributed by atoms with Gasteiger partial charge in [0.15, 0.2) is 0 Å². The molecule has 0 aliphatic carbocycles. The summed E-state index contributed by atoms with van der Waals surface area (Å²) in [6, 6.07) is 8.31. The first kappa shape index (κ1) is 19.3. The van der Waals surface area contributed by atoms with Crippen molar-refractivity contribution in [2.75, 3.05) is 26.1 Å². The van der Waals surface area contributed by atoms with E-state index in [-0.39, 0.29) is 6.09 Å². The lowest BCUT2D eigenvalue weighted by molar-refractivity contribution is 0.0285. The summed E-state index contributed by atoms with van der Waals surface area (Å²) < 4.78 is 10.5. The Morgan fingerprint density at radius 3 is 2.57 bits per heavy atom. The number of amides is 1. The first-order valence-corrected chi connectivity index (χ1v) is 8.00. The number of anilines is 1. The number of nitrogens with zero attached hydrogens (tertiary/aromatic N) is 1. The number of benzene rings is 1. The minimum absolute atomic E-state index is 0.294. The first-order chi connectivity index (χ1) is 10.7. The van der Waals surface area contributed by atoms with Gasteiger partial charge in [-0.1, -0.05) is 18.2 Å².